The van der Waals surface area contributed by atoms with Gasteiger partial charge in [-0.2, -0.15) is 0 Å². The van der Waals surface area contributed by atoms with E-state index >= 15 is 0 Å². The Morgan fingerprint density at radius 1 is 1.21 bits per heavy atom. The molecule has 0 spiro atoms. The molecule has 5 nitrogen and oxygen atoms in total. The van der Waals surface area contributed by atoms with E-state index in [-0.39, 0.29) is 0 Å². The maximum Gasteiger partial charge on any atom is 0.229 e. The van der Waals surface area contributed by atoms with Gasteiger partial charge >= 0.3 is 0 Å². The highest BCUT2D eigenvalue weighted by atomic mass is 32.2. The molecule has 2 N–H and O–H groups in total. The summed E-state index contributed by atoms with van der Waals surface area (Å²) in [4.78, 5) is 0. The smallest absolute Gasteiger partial charge is 0.229 e. The second kappa shape index (κ2) is 5.79. The second-order valence-corrected chi connectivity index (χ2v) is 6.59. The van der Waals surface area contributed by atoms with E-state index in [2.05, 4.69) is 10.0 Å². The summed E-state index contributed by atoms with van der Waals surface area (Å²) in [6, 6.07) is 7.71. The average molecular weight is 284 g/mol. The Hall–Kier alpha value is -1.27. The van der Waals surface area contributed by atoms with Crippen LogP contribution in [0.4, 0.5) is 11.4 Å². The molecule has 1 aromatic rings. The fourth-order valence-corrected chi connectivity index (χ4v) is 2.70. The van der Waals surface area contributed by atoms with Gasteiger partial charge in [-0.05, 0) is 44.0 Å². The summed E-state index contributed by atoms with van der Waals surface area (Å²) in [5.74, 6) is 0. The predicted molar refractivity (Wildman–Crippen MR) is 77.0 cm³/mol. The van der Waals surface area contributed by atoms with E-state index in [1.165, 1.54) is 0 Å². The number of hydrogen-bond donors (Lipinski definition) is 2. The van der Waals surface area contributed by atoms with E-state index in [4.69, 9.17) is 4.74 Å². The third-order valence-electron chi connectivity index (χ3n) is 3.06. The van der Waals surface area contributed by atoms with Gasteiger partial charge in [-0.15, -0.1) is 0 Å². The van der Waals surface area contributed by atoms with Crippen LogP contribution in [0.1, 0.15) is 19.8 Å². The Bertz CT molecular complexity index is 507. The quantitative estimate of drug-likeness (QED) is 0.839. The minimum absolute atomic E-state index is 0.383. The Balaban J connectivity index is 1.83. The van der Waals surface area contributed by atoms with Crippen molar-refractivity contribution < 1.29 is 13.2 Å². The fraction of sp³-hybridized carbons (Fsp3) is 0.538. The van der Waals surface area contributed by atoms with Gasteiger partial charge in [-0.3, -0.25) is 4.72 Å². The van der Waals surface area contributed by atoms with E-state index in [1.54, 1.807) is 12.1 Å². The summed E-state index contributed by atoms with van der Waals surface area (Å²) in [6.07, 6.45) is 3.57. The van der Waals surface area contributed by atoms with Crippen molar-refractivity contribution in [3.8, 4) is 0 Å². The van der Waals surface area contributed by atoms with Gasteiger partial charge in [0.15, 0.2) is 0 Å². The highest BCUT2D eigenvalue weighted by molar-refractivity contribution is 7.92. The van der Waals surface area contributed by atoms with Crippen LogP contribution in [0.25, 0.3) is 0 Å². The molecule has 1 fully saturated rings. The molecule has 0 aromatic heterocycles. The molecule has 106 valence electrons. The summed E-state index contributed by atoms with van der Waals surface area (Å²) in [5.41, 5.74) is 1.58. The van der Waals surface area contributed by atoms with E-state index < -0.39 is 10.0 Å². The van der Waals surface area contributed by atoms with Crippen molar-refractivity contribution in [2.24, 2.45) is 0 Å². The summed E-state index contributed by atoms with van der Waals surface area (Å²) < 4.78 is 30.1. The molecule has 6 heteroatoms. The first-order valence-electron chi connectivity index (χ1n) is 6.42. The number of rotatable bonds is 6. The monoisotopic (exact) mass is 284 g/mol. The lowest BCUT2D eigenvalue weighted by Gasteiger charge is -2.36. The molecular weight excluding hydrogens is 264 g/mol. The van der Waals surface area contributed by atoms with Crippen LogP contribution in [0.2, 0.25) is 0 Å². The van der Waals surface area contributed by atoms with E-state index in [9.17, 15) is 8.42 Å². The van der Waals surface area contributed by atoms with Crippen LogP contribution in [-0.2, 0) is 14.8 Å². The van der Waals surface area contributed by atoms with Crippen LogP contribution in [-0.4, -0.2) is 33.4 Å². The Morgan fingerprint density at radius 2 is 1.79 bits per heavy atom. The van der Waals surface area contributed by atoms with E-state index in [1.807, 2.05) is 19.1 Å². The second-order valence-electron chi connectivity index (χ2n) is 4.84. The molecule has 1 saturated carbocycles. The van der Waals surface area contributed by atoms with Gasteiger partial charge in [-0.1, -0.05) is 0 Å². The zero-order valence-corrected chi connectivity index (χ0v) is 12.0. The van der Waals surface area contributed by atoms with Crippen molar-refractivity contribution in [3.63, 3.8) is 0 Å². The van der Waals surface area contributed by atoms with Gasteiger partial charge in [-0.25, -0.2) is 8.42 Å². The van der Waals surface area contributed by atoms with Crippen molar-refractivity contribution >= 4 is 21.4 Å². The van der Waals surface area contributed by atoms with Crippen molar-refractivity contribution in [3.05, 3.63) is 24.3 Å². The first-order valence-corrected chi connectivity index (χ1v) is 8.31. The van der Waals surface area contributed by atoms with Crippen molar-refractivity contribution in [2.45, 2.75) is 31.9 Å². The molecule has 0 radical (unpaired) electrons. The molecule has 0 saturated heterocycles. The summed E-state index contributed by atoms with van der Waals surface area (Å²) in [7, 11) is -3.21. The van der Waals surface area contributed by atoms with Crippen LogP contribution < -0.4 is 10.0 Å². The highest BCUT2D eigenvalue weighted by Gasteiger charge is 2.29. The molecule has 0 aliphatic heterocycles. The van der Waals surface area contributed by atoms with Crippen molar-refractivity contribution in [1.82, 2.24) is 0 Å². The molecule has 1 aliphatic carbocycles. The van der Waals surface area contributed by atoms with Gasteiger partial charge < -0.3 is 10.1 Å². The molecule has 1 aromatic carbocycles. The number of nitrogens with one attached hydrogen (secondary N) is 2. The van der Waals surface area contributed by atoms with Crippen LogP contribution in [0, 0.1) is 0 Å². The molecule has 0 unspecified atom stereocenters. The first kappa shape index (κ1) is 14.1. The third-order valence-corrected chi connectivity index (χ3v) is 3.66. The lowest BCUT2D eigenvalue weighted by atomic mass is 9.89. The van der Waals surface area contributed by atoms with Crippen LogP contribution >= 0.6 is 0 Å². The zero-order chi connectivity index (χ0) is 13.9. The summed E-state index contributed by atoms with van der Waals surface area (Å²) in [5, 5.41) is 3.40. The molecular formula is C13H20N2O3S. The molecule has 19 heavy (non-hydrogen) atoms. The first-order chi connectivity index (χ1) is 8.96. The summed E-state index contributed by atoms with van der Waals surface area (Å²) in [6.45, 7) is 2.78. The number of benzene rings is 1. The Labute approximate surface area is 114 Å². The SMILES string of the molecule is CCOC1CC(Nc2ccc(NS(C)(=O)=O)cc2)C1. The number of ether oxygens (including phenoxy) is 1. The van der Waals surface area contributed by atoms with Gasteiger partial charge in [0, 0.05) is 24.0 Å². The van der Waals surface area contributed by atoms with Crippen LogP contribution in [0.5, 0.6) is 0 Å². The van der Waals surface area contributed by atoms with Crippen LogP contribution in [0.15, 0.2) is 24.3 Å². The van der Waals surface area contributed by atoms with Crippen molar-refractivity contribution in [2.75, 3.05) is 22.9 Å². The number of sulfonamides is 1. The minimum atomic E-state index is -3.21. The van der Waals surface area contributed by atoms with Gasteiger partial charge in [0.1, 0.15) is 0 Å². The normalized spacial score (nSPS) is 22.6. The van der Waals surface area contributed by atoms with Gasteiger partial charge in [0.05, 0.1) is 12.4 Å². The Morgan fingerprint density at radius 3 is 2.32 bits per heavy atom. The standard InChI is InChI=1S/C13H20N2O3S/c1-3-18-13-8-12(9-13)14-10-4-6-11(7-5-10)15-19(2,16)17/h4-7,12-15H,3,8-9H2,1-2H3. The van der Waals surface area contributed by atoms with Gasteiger partial charge in [0.2, 0.25) is 10.0 Å². The molecule has 0 amide bonds. The molecule has 0 heterocycles. The van der Waals surface area contributed by atoms with E-state index in [0.717, 1.165) is 31.4 Å². The largest absolute Gasteiger partial charge is 0.382 e. The number of anilines is 2. The molecule has 0 atom stereocenters. The number of hydrogen-bond acceptors (Lipinski definition) is 4. The lowest BCUT2D eigenvalue weighted by molar-refractivity contribution is 0.00299. The van der Waals surface area contributed by atoms with Crippen molar-refractivity contribution in [1.29, 1.82) is 0 Å². The van der Waals surface area contributed by atoms with E-state index in [0.29, 0.717) is 17.8 Å². The lowest BCUT2D eigenvalue weighted by Crippen LogP contribution is -2.40. The average Bonchev–Trinajstić information content (AvgIpc) is 2.27. The fourth-order valence-electron chi connectivity index (χ4n) is 2.14. The topological polar surface area (TPSA) is 67.4 Å². The Kier molecular flexibility index (Phi) is 4.31. The molecule has 0 bridgehead atoms. The maximum absolute atomic E-state index is 11.1. The maximum atomic E-state index is 11.1. The zero-order valence-electron chi connectivity index (χ0n) is 11.2. The van der Waals surface area contributed by atoms with Crippen LogP contribution in [0.3, 0.4) is 0 Å². The van der Waals surface area contributed by atoms with Gasteiger partial charge in [0.25, 0.3) is 0 Å². The summed E-state index contributed by atoms with van der Waals surface area (Å²) >= 11 is 0. The highest BCUT2D eigenvalue weighted by Crippen LogP contribution is 2.27. The minimum Gasteiger partial charge on any atom is -0.382 e. The molecule has 1 aliphatic rings. The predicted octanol–water partition coefficient (Wildman–Crippen LogP) is 2.04. The third kappa shape index (κ3) is 4.40. The molecule has 2 rings (SSSR count).